The zero-order valence-electron chi connectivity index (χ0n) is 8.00. The Kier molecular flexibility index (Phi) is 5.59. The molecule has 0 aromatic rings. The molecule has 1 atom stereocenters. The Morgan fingerprint density at radius 3 is 2.69 bits per heavy atom. The van der Waals surface area contributed by atoms with Gasteiger partial charge in [0.25, 0.3) is 0 Å². The fourth-order valence-corrected chi connectivity index (χ4v) is 0.659. The van der Waals surface area contributed by atoms with Gasteiger partial charge in [-0.2, -0.15) is 0 Å². The number of carbonyl (C=O) groups excluding carboxylic acids is 2. The molecule has 1 amide bonds. The number of hydrogen-bond donors (Lipinski definition) is 1. The van der Waals surface area contributed by atoms with Gasteiger partial charge in [0, 0.05) is 0 Å². The average Bonchev–Trinajstić information content (AvgIpc) is 2.13. The van der Waals surface area contributed by atoms with Crippen LogP contribution in [0.15, 0.2) is 12.7 Å². The van der Waals surface area contributed by atoms with E-state index >= 15 is 0 Å². The number of amides is 1. The number of ether oxygens (including phenoxy) is 1. The number of rotatable bonds is 5. The van der Waals surface area contributed by atoms with Crippen LogP contribution in [0.25, 0.3) is 0 Å². The van der Waals surface area contributed by atoms with Gasteiger partial charge in [-0.1, -0.05) is 13.5 Å². The standard InChI is InChI=1S/C9H15NO3/c1-4-6-13-9(12)7(3)10-8(11)5-2/h5,7H,2,4,6H2,1,3H3,(H,10,11). The minimum absolute atomic E-state index is 0.374. The van der Waals surface area contributed by atoms with E-state index in [4.69, 9.17) is 4.74 Å². The molecule has 0 saturated carbocycles. The highest BCUT2D eigenvalue weighted by atomic mass is 16.5. The van der Waals surface area contributed by atoms with Crippen LogP contribution < -0.4 is 5.32 Å². The summed E-state index contributed by atoms with van der Waals surface area (Å²) in [6, 6.07) is -0.614. The minimum Gasteiger partial charge on any atom is -0.464 e. The van der Waals surface area contributed by atoms with Crippen molar-refractivity contribution in [3.63, 3.8) is 0 Å². The van der Waals surface area contributed by atoms with E-state index < -0.39 is 12.0 Å². The summed E-state index contributed by atoms with van der Waals surface area (Å²) in [6.45, 7) is 7.12. The van der Waals surface area contributed by atoms with Crippen molar-refractivity contribution < 1.29 is 14.3 Å². The van der Waals surface area contributed by atoms with E-state index in [-0.39, 0.29) is 5.91 Å². The number of esters is 1. The summed E-state index contributed by atoms with van der Waals surface area (Å²) in [5, 5.41) is 2.41. The van der Waals surface area contributed by atoms with Crippen LogP contribution in [0.1, 0.15) is 20.3 Å². The van der Waals surface area contributed by atoms with Crippen LogP contribution in [-0.4, -0.2) is 24.5 Å². The number of carbonyl (C=O) groups is 2. The summed E-state index contributed by atoms with van der Waals surface area (Å²) >= 11 is 0. The maximum atomic E-state index is 11.1. The largest absolute Gasteiger partial charge is 0.464 e. The highest BCUT2D eigenvalue weighted by molar-refractivity contribution is 5.90. The predicted molar refractivity (Wildman–Crippen MR) is 49.1 cm³/mol. The van der Waals surface area contributed by atoms with E-state index in [1.165, 1.54) is 0 Å². The summed E-state index contributed by atoms with van der Waals surface area (Å²) in [7, 11) is 0. The molecule has 0 aromatic heterocycles. The molecule has 0 bridgehead atoms. The summed E-state index contributed by atoms with van der Waals surface area (Å²) in [5.41, 5.74) is 0. The van der Waals surface area contributed by atoms with Gasteiger partial charge >= 0.3 is 5.97 Å². The Balaban J connectivity index is 3.81. The summed E-state index contributed by atoms with van der Waals surface area (Å²) in [4.78, 5) is 21.8. The molecule has 4 heteroatoms. The lowest BCUT2D eigenvalue weighted by molar-refractivity contribution is -0.146. The Hall–Kier alpha value is -1.32. The zero-order valence-corrected chi connectivity index (χ0v) is 8.00. The van der Waals surface area contributed by atoms with Gasteiger partial charge in [-0.05, 0) is 19.4 Å². The second kappa shape index (κ2) is 6.22. The molecule has 74 valence electrons. The highest BCUT2D eigenvalue weighted by Crippen LogP contribution is 1.89. The summed E-state index contributed by atoms with van der Waals surface area (Å²) in [6.07, 6.45) is 1.89. The first kappa shape index (κ1) is 11.7. The fraction of sp³-hybridized carbons (Fsp3) is 0.556. The molecule has 0 fully saturated rings. The van der Waals surface area contributed by atoms with Crippen LogP contribution in [0.5, 0.6) is 0 Å². The SMILES string of the molecule is C=CC(=O)NC(C)C(=O)OCCC. The highest BCUT2D eigenvalue weighted by Gasteiger charge is 2.14. The molecule has 0 aliphatic rings. The first-order valence-corrected chi connectivity index (χ1v) is 4.21. The molecule has 1 N–H and O–H groups in total. The van der Waals surface area contributed by atoms with Crippen LogP contribution in [0.2, 0.25) is 0 Å². The molecule has 1 unspecified atom stereocenters. The molecule has 0 saturated heterocycles. The van der Waals surface area contributed by atoms with Gasteiger partial charge in [0.05, 0.1) is 6.61 Å². The van der Waals surface area contributed by atoms with Crippen LogP contribution in [0.3, 0.4) is 0 Å². The van der Waals surface area contributed by atoms with Gasteiger partial charge < -0.3 is 10.1 Å². The Morgan fingerprint density at radius 1 is 1.62 bits per heavy atom. The Morgan fingerprint density at radius 2 is 2.23 bits per heavy atom. The normalized spacial score (nSPS) is 11.5. The van der Waals surface area contributed by atoms with Gasteiger partial charge in [0.2, 0.25) is 5.91 Å². The summed E-state index contributed by atoms with van der Waals surface area (Å²) < 4.78 is 4.81. The lowest BCUT2D eigenvalue weighted by Gasteiger charge is -2.11. The minimum atomic E-state index is -0.614. The number of nitrogens with one attached hydrogen (secondary N) is 1. The summed E-state index contributed by atoms with van der Waals surface area (Å²) in [5.74, 6) is -0.794. The first-order valence-electron chi connectivity index (χ1n) is 4.21. The van der Waals surface area contributed by atoms with E-state index in [0.29, 0.717) is 6.61 Å². The van der Waals surface area contributed by atoms with Gasteiger partial charge in [0.15, 0.2) is 0 Å². The Bertz CT molecular complexity index is 201. The first-order chi connectivity index (χ1) is 6.11. The lowest BCUT2D eigenvalue weighted by atomic mass is 10.3. The van der Waals surface area contributed by atoms with E-state index in [1.807, 2.05) is 6.92 Å². The average molecular weight is 185 g/mol. The third-order valence-corrected chi connectivity index (χ3v) is 1.35. The second-order valence-corrected chi connectivity index (χ2v) is 2.60. The molecule has 13 heavy (non-hydrogen) atoms. The molecular weight excluding hydrogens is 170 g/mol. The Labute approximate surface area is 78.0 Å². The van der Waals surface area contributed by atoms with Gasteiger partial charge in [-0.15, -0.1) is 0 Å². The molecule has 0 aliphatic carbocycles. The second-order valence-electron chi connectivity index (χ2n) is 2.60. The molecular formula is C9H15NO3. The van der Waals surface area contributed by atoms with E-state index in [9.17, 15) is 9.59 Å². The van der Waals surface area contributed by atoms with Crippen molar-refractivity contribution in [3.05, 3.63) is 12.7 Å². The number of hydrogen-bond acceptors (Lipinski definition) is 3. The zero-order chi connectivity index (χ0) is 10.3. The fourth-order valence-electron chi connectivity index (χ4n) is 0.659. The van der Waals surface area contributed by atoms with Crippen molar-refractivity contribution in [2.45, 2.75) is 26.3 Å². The molecule has 0 rings (SSSR count). The van der Waals surface area contributed by atoms with Crippen LogP contribution in [0.4, 0.5) is 0 Å². The predicted octanol–water partition coefficient (Wildman–Crippen LogP) is 0.630. The quantitative estimate of drug-likeness (QED) is 0.505. The molecule has 4 nitrogen and oxygen atoms in total. The van der Waals surface area contributed by atoms with Crippen molar-refractivity contribution >= 4 is 11.9 Å². The third-order valence-electron chi connectivity index (χ3n) is 1.35. The molecule has 0 aliphatic heterocycles. The third kappa shape index (κ3) is 5.00. The van der Waals surface area contributed by atoms with Crippen molar-refractivity contribution in [3.8, 4) is 0 Å². The maximum Gasteiger partial charge on any atom is 0.328 e. The molecule has 0 radical (unpaired) electrons. The van der Waals surface area contributed by atoms with Gasteiger partial charge in [-0.3, -0.25) is 4.79 Å². The van der Waals surface area contributed by atoms with Gasteiger partial charge in [-0.25, -0.2) is 4.79 Å². The van der Waals surface area contributed by atoms with Crippen molar-refractivity contribution in [2.75, 3.05) is 6.61 Å². The topological polar surface area (TPSA) is 55.4 Å². The van der Waals surface area contributed by atoms with Gasteiger partial charge in [0.1, 0.15) is 6.04 Å². The van der Waals surface area contributed by atoms with Crippen molar-refractivity contribution in [1.82, 2.24) is 5.32 Å². The van der Waals surface area contributed by atoms with Crippen molar-refractivity contribution in [2.24, 2.45) is 0 Å². The van der Waals surface area contributed by atoms with E-state index in [2.05, 4.69) is 11.9 Å². The van der Waals surface area contributed by atoms with Crippen LogP contribution in [-0.2, 0) is 14.3 Å². The molecule has 0 heterocycles. The van der Waals surface area contributed by atoms with Crippen LogP contribution >= 0.6 is 0 Å². The van der Waals surface area contributed by atoms with Crippen molar-refractivity contribution in [1.29, 1.82) is 0 Å². The molecule has 0 spiro atoms. The monoisotopic (exact) mass is 185 g/mol. The lowest BCUT2D eigenvalue weighted by Crippen LogP contribution is -2.38. The van der Waals surface area contributed by atoms with E-state index in [0.717, 1.165) is 12.5 Å². The maximum absolute atomic E-state index is 11.1. The van der Waals surface area contributed by atoms with E-state index in [1.54, 1.807) is 6.92 Å². The molecule has 0 aromatic carbocycles. The van der Waals surface area contributed by atoms with Crippen LogP contribution in [0, 0.1) is 0 Å². The smallest absolute Gasteiger partial charge is 0.328 e.